The monoisotopic (exact) mass is 267 g/mol. The van der Waals surface area contributed by atoms with Gasteiger partial charge in [0.15, 0.2) is 0 Å². The Labute approximate surface area is 115 Å². The summed E-state index contributed by atoms with van der Waals surface area (Å²) >= 11 is 0. The maximum absolute atomic E-state index is 12.3. The summed E-state index contributed by atoms with van der Waals surface area (Å²) in [5.41, 5.74) is 0. The average Bonchev–Trinajstić information content (AvgIpc) is 3.16. The van der Waals surface area contributed by atoms with Crippen molar-refractivity contribution in [2.45, 2.75) is 44.7 Å². The Morgan fingerprint density at radius 3 is 2.53 bits per heavy atom. The van der Waals surface area contributed by atoms with Crippen molar-refractivity contribution in [2.75, 3.05) is 27.2 Å². The molecule has 1 saturated heterocycles. The highest BCUT2D eigenvalue weighted by Gasteiger charge is 2.32. The molecule has 0 aromatic rings. The number of hydrogen-bond donors (Lipinski definition) is 1. The molecule has 1 heterocycles. The minimum Gasteiger partial charge on any atom is -0.353 e. The van der Waals surface area contributed by atoms with Crippen LogP contribution in [-0.2, 0) is 9.59 Å². The van der Waals surface area contributed by atoms with Crippen LogP contribution in [0.1, 0.15) is 32.6 Å². The van der Waals surface area contributed by atoms with Crippen LogP contribution in [0.25, 0.3) is 0 Å². The molecule has 1 aliphatic heterocycles. The topological polar surface area (TPSA) is 52.7 Å². The molecule has 2 atom stereocenters. The first-order valence-electron chi connectivity index (χ1n) is 7.23. The summed E-state index contributed by atoms with van der Waals surface area (Å²) in [5.74, 6) is 0.0832. The van der Waals surface area contributed by atoms with E-state index in [0.29, 0.717) is 6.42 Å². The average molecular weight is 267 g/mol. The molecule has 19 heavy (non-hydrogen) atoms. The number of nitrogens with zero attached hydrogens (tertiary/aromatic N) is 2. The molecule has 108 valence electrons. The maximum Gasteiger partial charge on any atom is 0.227 e. The van der Waals surface area contributed by atoms with Crippen LogP contribution in [-0.4, -0.2) is 60.9 Å². The summed E-state index contributed by atoms with van der Waals surface area (Å²) in [4.78, 5) is 27.6. The van der Waals surface area contributed by atoms with Crippen molar-refractivity contribution >= 4 is 11.8 Å². The SMILES string of the molecule is C[C@@H](C(=O)N(C)CCN(C)C1CC1)[C@H]1CCC(=O)N1. The lowest BCUT2D eigenvalue weighted by Gasteiger charge is -2.27. The lowest BCUT2D eigenvalue weighted by atomic mass is 9.99. The number of carbonyl (C=O) groups is 2. The van der Waals surface area contributed by atoms with Crippen LogP contribution in [0.5, 0.6) is 0 Å². The molecule has 1 aliphatic carbocycles. The minimum atomic E-state index is -0.123. The van der Waals surface area contributed by atoms with E-state index < -0.39 is 0 Å². The Kier molecular flexibility index (Phi) is 4.45. The van der Waals surface area contributed by atoms with E-state index in [1.54, 1.807) is 4.90 Å². The van der Waals surface area contributed by atoms with Crippen LogP contribution in [0.3, 0.4) is 0 Å². The van der Waals surface area contributed by atoms with E-state index in [4.69, 9.17) is 0 Å². The first-order chi connectivity index (χ1) is 8.99. The fourth-order valence-electron chi connectivity index (χ4n) is 2.65. The fourth-order valence-corrected chi connectivity index (χ4v) is 2.65. The molecule has 0 unspecified atom stereocenters. The van der Waals surface area contributed by atoms with Crippen molar-refractivity contribution in [1.29, 1.82) is 0 Å². The van der Waals surface area contributed by atoms with Crippen molar-refractivity contribution in [3.63, 3.8) is 0 Å². The highest BCUT2D eigenvalue weighted by molar-refractivity contribution is 5.83. The Bertz CT molecular complexity index is 355. The van der Waals surface area contributed by atoms with Gasteiger partial charge in [0.05, 0.1) is 5.92 Å². The zero-order valence-corrected chi connectivity index (χ0v) is 12.2. The molecular weight excluding hydrogens is 242 g/mol. The quantitative estimate of drug-likeness (QED) is 0.760. The normalized spacial score (nSPS) is 24.4. The van der Waals surface area contributed by atoms with Crippen molar-refractivity contribution in [3.8, 4) is 0 Å². The van der Waals surface area contributed by atoms with Gasteiger partial charge in [0.2, 0.25) is 11.8 Å². The van der Waals surface area contributed by atoms with Gasteiger partial charge in [0.1, 0.15) is 0 Å². The van der Waals surface area contributed by atoms with Crippen molar-refractivity contribution in [1.82, 2.24) is 15.1 Å². The third kappa shape index (κ3) is 3.69. The van der Waals surface area contributed by atoms with E-state index in [-0.39, 0.29) is 23.8 Å². The van der Waals surface area contributed by atoms with Gasteiger partial charge in [-0.1, -0.05) is 6.92 Å². The molecule has 0 aromatic heterocycles. The second kappa shape index (κ2) is 5.90. The van der Waals surface area contributed by atoms with E-state index in [1.807, 2.05) is 14.0 Å². The van der Waals surface area contributed by atoms with Crippen LogP contribution < -0.4 is 5.32 Å². The van der Waals surface area contributed by atoms with Gasteiger partial charge in [-0.05, 0) is 26.3 Å². The first kappa shape index (κ1) is 14.3. The number of rotatable bonds is 6. The Morgan fingerprint density at radius 2 is 2.00 bits per heavy atom. The molecule has 0 aromatic carbocycles. The summed E-state index contributed by atoms with van der Waals surface area (Å²) in [5, 5.41) is 2.89. The van der Waals surface area contributed by atoms with Crippen LogP contribution in [0.2, 0.25) is 0 Å². The number of likely N-dealkylation sites (N-methyl/N-ethyl adjacent to an activating group) is 2. The highest BCUT2D eigenvalue weighted by atomic mass is 16.2. The van der Waals surface area contributed by atoms with Crippen LogP contribution >= 0.6 is 0 Å². The third-order valence-electron chi connectivity index (χ3n) is 4.36. The lowest BCUT2D eigenvalue weighted by Crippen LogP contribution is -2.44. The molecule has 2 rings (SSSR count). The van der Waals surface area contributed by atoms with Crippen LogP contribution in [0.15, 0.2) is 0 Å². The van der Waals surface area contributed by atoms with Crippen molar-refractivity contribution < 1.29 is 9.59 Å². The van der Waals surface area contributed by atoms with Gasteiger partial charge in [-0.3, -0.25) is 9.59 Å². The zero-order chi connectivity index (χ0) is 14.0. The van der Waals surface area contributed by atoms with Gasteiger partial charge in [0.25, 0.3) is 0 Å². The second-order valence-corrected chi connectivity index (χ2v) is 5.97. The first-order valence-corrected chi connectivity index (χ1v) is 7.23. The van der Waals surface area contributed by atoms with Crippen LogP contribution in [0, 0.1) is 5.92 Å². The molecule has 5 nitrogen and oxygen atoms in total. The third-order valence-corrected chi connectivity index (χ3v) is 4.36. The number of amides is 2. The van der Waals surface area contributed by atoms with Crippen molar-refractivity contribution in [2.24, 2.45) is 5.92 Å². The molecule has 0 spiro atoms. The molecule has 2 fully saturated rings. The minimum absolute atomic E-state index is 0.0172. The Balaban J connectivity index is 1.75. The van der Waals surface area contributed by atoms with Gasteiger partial charge in [-0.15, -0.1) is 0 Å². The molecule has 5 heteroatoms. The molecule has 0 bridgehead atoms. The van der Waals surface area contributed by atoms with Gasteiger partial charge >= 0.3 is 0 Å². The van der Waals surface area contributed by atoms with E-state index in [0.717, 1.165) is 25.6 Å². The molecule has 2 aliphatic rings. The van der Waals surface area contributed by atoms with E-state index >= 15 is 0 Å². The summed E-state index contributed by atoms with van der Waals surface area (Å²) < 4.78 is 0. The molecular formula is C14H25N3O2. The number of carbonyl (C=O) groups excluding carboxylic acids is 2. The van der Waals surface area contributed by atoms with Gasteiger partial charge in [-0.2, -0.15) is 0 Å². The largest absolute Gasteiger partial charge is 0.353 e. The smallest absolute Gasteiger partial charge is 0.227 e. The van der Waals surface area contributed by atoms with E-state index in [9.17, 15) is 9.59 Å². The lowest BCUT2D eigenvalue weighted by molar-refractivity contribution is -0.134. The van der Waals surface area contributed by atoms with E-state index in [2.05, 4.69) is 17.3 Å². The molecule has 0 radical (unpaired) electrons. The van der Waals surface area contributed by atoms with E-state index in [1.165, 1.54) is 12.8 Å². The predicted octanol–water partition coefficient (Wildman–Crippen LogP) is 0.454. The van der Waals surface area contributed by atoms with Crippen molar-refractivity contribution in [3.05, 3.63) is 0 Å². The summed E-state index contributed by atoms with van der Waals surface area (Å²) in [6, 6.07) is 0.749. The number of nitrogens with one attached hydrogen (secondary N) is 1. The highest BCUT2D eigenvalue weighted by Crippen LogP contribution is 2.25. The second-order valence-electron chi connectivity index (χ2n) is 5.97. The number of hydrogen-bond acceptors (Lipinski definition) is 3. The Morgan fingerprint density at radius 1 is 1.32 bits per heavy atom. The summed E-state index contributed by atoms with van der Waals surface area (Å²) in [7, 11) is 3.98. The van der Waals surface area contributed by atoms with Gasteiger partial charge in [-0.25, -0.2) is 0 Å². The zero-order valence-electron chi connectivity index (χ0n) is 12.2. The van der Waals surface area contributed by atoms with Gasteiger partial charge < -0.3 is 15.1 Å². The summed E-state index contributed by atoms with van der Waals surface area (Å²) in [6.07, 6.45) is 3.91. The predicted molar refractivity (Wildman–Crippen MR) is 73.6 cm³/mol. The maximum atomic E-state index is 12.3. The van der Waals surface area contributed by atoms with Crippen LogP contribution in [0.4, 0.5) is 0 Å². The summed E-state index contributed by atoms with van der Waals surface area (Å²) in [6.45, 7) is 3.60. The fraction of sp³-hybridized carbons (Fsp3) is 0.857. The Hall–Kier alpha value is -1.10. The molecule has 2 amide bonds. The standard InChI is InChI=1S/C14H25N3O2/c1-10(12-6-7-13(18)15-12)14(19)17(3)9-8-16(2)11-4-5-11/h10-12H,4-9H2,1-3H3,(H,15,18)/t10-,12-/m1/s1. The molecule has 1 saturated carbocycles. The molecule has 1 N–H and O–H groups in total. The van der Waals surface area contributed by atoms with Gasteiger partial charge in [0, 0.05) is 38.6 Å².